The second kappa shape index (κ2) is 36.4. The van der Waals surface area contributed by atoms with Crippen LogP contribution in [0.4, 0.5) is 0 Å². The first kappa shape index (κ1) is 44.6. The van der Waals surface area contributed by atoms with Crippen molar-refractivity contribution in [1.29, 1.82) is 0 Å². The van der Waals surface area contributed by atoms with Crippen molar-refractivity contribution in [3.05, 3.63) is 36.5 Å². The fraction of sp³-hybridized carbons (Fsp3) is 0.829. The van der Waals surface area contributed by atoms with Gasteiger partial charge in [-0.05, 0) is 38.5 Å². The van der Waals surface area contributed by atoms with Gasteiger partial charge in [0.1, 0.15) is 6.10 Å². The predicted octanol–water partition coefficient (Wildman–Crippen LogP) is 10.8. The molecule has 0 aromatic heterocycles. The molecule has 1 amide bonds. The molecule has 0 aliphatic heterocycles. The van der Waals surface area contributed by atoms with Crippen molar-refractivity contribution < 1.29 is 20.1 Å². The minimum atomic E-state index is -1.10. The summed E-state index contributed by atoms with van der Waals surface area (Å²) in [6.45, 7) is 4.11. The van der Waals surface area contributed by atoms with Crippen LogP contribution < -0.4 is 5.32 Å². The number of carbonyl (C=O) groups is 1. The van der Waals surface area contributed by atoms with Crippen molar-refractivity contribution in [1.82, 2.24) is 5.32 Å². The summed E-state index contributed by atoms with van der Waals surface area (Å²) in [5.41, 5.74) is 0. The first-order valence-corrected chi connectivity index (χ1v) is 19.8. The maximum absolute atomic E-state index is 12.4. The van der Waals surface area contributed by atoms with Crippen LogP contribution in [-0.4, -0.2) is 46.1 Å². The van der Waals surface area contributed by atoms with Crippen LogP contribution in [0, 0.1) is 0 Å². The molecule has 270 valence electrons. The number of nitrogens with one attached hydrogen (secondary N) is 1. The van der Waals surface area contributed by atoms with E-state index in [9.17, 15) is 20.1 Å². The third-order valence-corrected chi connectivity index (χ3v) is 8.96. The number of amides is 1. The number of hydrogen-bond acceptors (Lipinski definition) is 4. The number of hydrogen-bond donors (Lipinski definition) is 4. The first-order valence-electron chi connectivity index (χ1n) is 19.8. The van der Waals surface area contributed by atoms with Crippen molar-refractivity contribution in [2.45, 2.75) is 212 Å². The van der Waals surface area contributed by atoms with E-state index in [1.807, 2.05) is 6.08 Å². The Balaban J connectivity index is 3.70. The zero-order valence-electron chi connectivity index (χ0n) is 30.5. The van der Waals surface area contributed by atoms with Gasteiger partial charge in [-0.25, -0.2) is 0 Å². The van der Waals surface area contributed by atoms with Gasteiger partial charge in [0.05, 0.1) is 18.8 Å². The van der Waals surface area contributed by atoms with Crippen LogP contribution in [0.2, 0.25) is 0 Å². The van der Waals surface area contributed by atoms with Gasteiger partial charge in [0.15, 0.2) is 0 Å². The highest BCUT2D eigenvalue weighted by Crippen LogP contribution is 2.15. The number of carbonyl (C=O) groups excluding carboxylic acids is 1. The first-order chi connectivity index (χ1) is 22.6. The second-order valence-electron chi connectivity index (χ2n) is 13.5. The van der Waals surface area contributed by atoms with Crippen LogP contribution in [0.5, 0.6) is 0 Å². The normalized spacial score (nSPS) is 14.1. The summed E-state index contributed by atoms with van der Waals surface area (Å²) in [6.07, 6.45) is 44.6. The van der Waals surface area contributed by atoms with E-state index in [0.29, 0.717) is 6.42 Å². The number of rotatable bonds is 35. The Morgan fingerprint density at radius 1 is 0.522 bits per heavy atom. The van der Waals surface area contributed by atoms with Crippen LogP contribution >= 0.6 is 0 Å². The van der Waals surface area contributed by atoms with E-state index in [1.165, 1.54) is 128 Å². The Hall–Kier alpha value is -1.43. The number of allylic oxidation sites excluding steroid dienone is 5. The third-order valence-electron chi connectivity index (χ3n) is 8.96. The molecule has 4 N–H and O–H groups in total. The minimum absolute atomic E-state index is 0.380. The molecule has 0 aromatic carbocycles. The third kappa shape index (κ3) is 31.2. The lowest BCUT2D eigenvalue weighted by Crippen LogP contribution is -2.48. The van der Waals surface area contributed by atoms with Crippen molar-refractivity contribution in [2.75, 3.05) is 6.61 Å². The van der Waals surface area contributed by atoms with Crippen molar-refractivity contribution in [3.63, 3.8) is 0 Å². The van der Waals surface area contributed by atoms with Gasteiger partial charge >= 0.3 is 0 Å². The molecule has 3 atom stereocenters. The van der Waals surface area contributed by atoms with E-state index in [0.717, 1.165) is 44.9 Å². The molecular weight excluding hydrogens is 570 g/mol. The molecule has 0 rings (SSSR count). The van der Waals surface area contributed by atoms with E-state index < -0.39 is 24.2 Å². The van der Waals surface area contributed by atoms with E-state index in [4.69, 9.17) is 0 Å². The summed E-state index contributed by atoms with van der Waals surface area (Å²) < 4.78 is 0. The lowest BCUT2D eigenvalue weighted by atomic mass is 10.0. The number of aliphatic hydroxyl groups excluding tert-OH is 3. The zero-order chi connectivity index (χ0) is 33.8. The average Bonchev–Trinajstić information content (AvgIpc) is 3.06. The fourth-order valence-corrected chi connectivity index (χ4v) is 5.79. The van der Waals surface area contributed by atoms with Gasteiger partial charge in [-0.3, -0.25) is 4.79 Å². The molecule has 0 fully saturated rings. The predicted molar refractivity (Wildman–Crippen MR) is 199 cm³/mol. The highest BCUT2D eigenvalue weighted by Gasteiger charge is 2.22. The number of aliphatic hydroxyl groups is 3. The molecular formula is C41H77NO4. The van der Waals surface area contributed by atoms with Crippen molar-refractivity contribution >= 4 is 5.91 Å². The molecule has 5 nitrogen and oxygen atoms in total. The lowest BCUT2D eigenvalue weighted by Gasteiger charge is -2.21. The van der Waals surface area contributed by atoms with Crippen molar-refractivity contribution in [3.8, 4) is 0 Å². The molecule has 0 saturated heterocycles. The zero-order valence-corrected chi connectivity index (χ0v) is 30.5. The molecule has 46 heavy (non-hydrogen) atoms. The molecule has 0 bridgehead atoms. The van der Waals surface area contributed by atoms with Gasteiger partial charge in [-0.15, -0.1) is 0 Å². The molecule has 3 unspecified atom stereocenters. The Labute approximate surface area is 285 Å². The van der Waals surface area contributed by atoms with Crippen LogP contribution in [-0.2, 0) is 4.79 Å². The summed E-state index contributed by atoms with van der Waals surface area (Å²) in [5, 5.41) is 32.9. The maximum Gasteiger partial charge on any atom is 0.249 e. The molecule has 0 spiro atoms. The Kier molecular flexibility index (Phi) is 35.3. The van der Waals surface area contributed by atoms with Gasteiger partial charge in [-0.2, -0.15) is 0 Å². The van der Waals surface area contributed by atoms with Crippen LogP contribution in [0.15, 0.2) is 36.5 Å². The van der Waals surface area contributed by atoms with E-state index >= 15 is 0 Å². The summed E-state index contributed by atoms with van der Waals surface area (Å²) in [5.74, 6) is -0.518. The Morgan fingerprint density at radius 3 is 1.30 bits per heavy atom. The standard InChI is InChI=1S/C41H77NO4/c1-3-5-7-9-11-13-15-17-18-19-20-21-22-23-24-26-28-30-32-34-36-40(45)41(46)42-38(37-43)39(44)35-33-31-29-27-25-16-14-12-10-8-6-4-2/h10,12,25,27,33,35,38-40,43-45H,3-9,11,13-24,26,28-32,34,36-37H2,1-2H3,(H,42,46)/b12-10+,27-25+,35-33+. The maximum atomic E-state index is 12.4. The highest BCUT2D eigenvalue weighted by molar-refractivity contribution is 5.80. The molecule has 0 aliphatic carbocycles. The topological polar surface area (TPSA) is 89.8 Å². The summed E-state index contributed by atoms with van der Waals surface area (Å²) in [7, 11) is 0. The molecule has 0 saturated carbocycles. The SMILES string of the molecule is CCCC/C=C/CC/C=C/CC/C=C/C(O)C(CO)NC(=O)C(O)CCCCCCCCCCCCCCCCCCCCCC. The largest absolute Gasteiger partial charge is 0.394 e. The van der Waals surface area contributed by atoms with E-state index in [1.54, 1.807) is 6.08 Å². The summed E-state index contributed by atoms with van der Waals surface area (Å²) in [6, 6.07) is -0.816. The molecule has 0 heterocycles. The van der Waals surface area contributed by atoms with Crippen LogP contribution in [0.1, 0.15) is 194 Å². The minimum Gasteiger partial charge on any atom is -0.394 e. The van der Waals surface area contributed by atoms with Gasteiger partial charge in [0.25, 0.3) is 0 Å². The molecule has 0 radical (unpaired) electrons. The average molecular weight is 648 g/mol. The van der Waals surface area contributed by atoms with Gasteiger partial charge < -0.3 is 20.6 Å². The molecule has 0 aromatic rings. The Morgan fingerprint density at radius 2 is 0.891 bits per heavy atom. The van der Waals surface area contributed by atoms with Crippen LogP contribution in [0.3, 0.4) is 0 Å². The molecule has 0 aliphatic rings. The molecule has 5 heteroatoms. The fourth-order valence-electron chi connectivity index (χ4n) is 5.79. The van der Waals surface area contributed by atoms with Crippen molar-refractivity contribution in [2.24, 2.45) is 0 Å². The van der Waals surface area contributed by atoms with E-state index in [2.05, 4.69) is 43.5 Å². The Bertz CT molecular complexity index is 719. The summed E-state index contributed by atoms with van der Waals surface area (Å²) >= 11 is 0. The van der Waals surface area contributed by atoms with E-state index in [-0.39, 0.29) is 6.61 Å². The monoisotopic (exact) mass is 648 g/mol. The van der Waals surface area contributed by atoms with Crippen LogP contribution in [0.25, 0.3) is 0 Å². The number of unbranched alkanes of at least 4 members (excludes halogenated alkanes) is 23. The van der Waals surface area contributed by atoms with Gasteiger partial charge in [0, 0.05) is 0 Å². The quantitative estimate of drug-likeness (QED) is 0.0407. The smallest absolute Gasteiger partial charge is 0.249 e. The summed E-state index contributed by atoms with van der Waals surface area (Å²) in [4.78, 5) is 12.4. The van der Waals surface area contributed by atoms with Gasteiger partial charge in [-0.1, -0.05) is 192 Å². The van der Waals surface area contributed by atoms with Gasteiger partial charge in [0.2, 0.25) is 5.91 Å². The highest BCUT2D eigenvalue weighted by atomic mass is 16.3. The second-order valence-corrected chi connectivity index (χ2v) is 13.5. The lowest BCUT2D eigenvalue weighted by molar-refractivity contribution is -0.131.